The Labute approximate surface area is 357 Å². The van der Waals surface area contributed by atoms with Crippen LogP contribution in [0.25, 0.3) is 72.0 Å². The normalized spacial score (nSPS) is 13.4. The third-order valence-corrected chi connectivity index (χ3v) is 13.2. The van der Waals surface area contributed by atoms with E-state index in [2.05, 4.69) is 232 Å². The monoisotopic (exact) mass is 781 g/mol. The van der Waals surface area contributed by atoms with E-state index < -0.39 is 5.41 Å². The lowest BCUT2D eigenvalue weighted by Crippen LogP contribution is -2.32. The van der Waals surface area contributed by atoms with Gasteiger partial charge in [-0.05, 0) is 110 Å². The molecule has 0 saturated carbocycles. The average molecular weight is 782 g/mol. The highest BCUT2D eigenvalue weighted by Gasteiger charge is 2.53. The molecule has 12 rings (SSSR count). The molecule has 9 aromatic carbocycles. The van der Waals surface area contributed by atoms with Crippen LogP contribution in [-0.4, -0.2) is 4.57 Å². The molecule has 0 fully saturated rings. The van der Waals surface area contributed by atoms with E-state index >= 15 is 0 Å². The van der Waals surface area contributed by atoms with Crippen molar-refractivity contribution in [3.8, 4) is 61.7 Å². The lowest BCUT2D eigenvalue weighted by Gasteiger charge is -2.40. The first-order valence-electron chi connectivity index (χ1n) is 21.3. The van der Waals surface area contributed by atoms with Gasteiger partial charge in [0.1, 0.15) is 11.5 Å². The minimum atomic E-state index is -0.682. The van der Waals surface area contributed by atoms with E-state index in [0.29, 0.717) is 0 Å². The van der Waals surface area contributed by atoms with Crippen LogP contribution in [0.1, 0.15) is 48.6 Å². The Bertz CT molecular complexity index is 3260. The van der Waals surface area contributed by atoms with E-state index in [1.54, 1.807) is 0 Å². The van der Waals surface area contributed by atoms with Crippen LogP contribution < -0.4 is 4.74 Å². The second-order valence-corrected chi connectivity index (χ2v) is 17.6. The van der Waals surface area contributed by atoms with E-state index in [4.69, 9.17) is 4.74 Å². The van der Waals surface area contributed by atoms with Gasteiger partial charge in [-0.15, -0.1) is 0 Å². The summed E-state index contributed by atoms with van der Waals surface area (Å²) in [5.74, 6) is 1.77. The Balaban J connectivity index is 1.21. The van der Waals surface area contributed by atoms with E-state index in [-0.39, 0.29) is 5.41 Å². The Morgan fingerprint density at radius 3 is 1.56 bits per heavy atom. The number of hydrogen-bond donors (Lipinski definition) is 0. The molecule has 61 heavy (non-hydrogen) atoms. The molecule has 10 aromatic rings. The zero-order valence-corrected chi connectivity index (χ0v) is 34.5. The minimum absolute atomic E-state index is 0.0673. The minimum Gasteiger partial charge on any atom is -0.457 e. The van der Waals surface area contributed by atoms with Crippen LogP contribution in [0, 0.1) is 0 Å². The maximum absolute atomic E-state index is 6.84. The van der Waals surface area contributed by atoms with Gasteiger partial charge in [0.15, 0.2) is 0 Å². The van der Waals surface area contributed by atoms with Gasteiger partial charge in [0.2, 0.25) is 0 Å². The van der Waals surface area contributed by atoms with Crippen molar-refractivity contribution in [2.24, 2.45) is 0 Å². The topological polar surface area (TPSA) is 14.2 Å². The summed E-state index contributed by atoms with van der Waals surface area (Å²) in [6.45, 7) is 6.83. The molecule has 2 heteroatoms. The lowest BCUT2D eigenvalue weighted by atomic mass is 9.64. The molecular formula is C59H43NO. The van der Waals surface area contributed by atoms with Crippen molar-refractivity contribution >= 4 is 21.8 Å². The molecule has 1 aliphatic heterocycles. The van der Waals surface area contributed by atoms with Gasteiger partial charge in [0, 0.05) is 27.5 Å². The molecule has 0 atom stereocenters. The zero-order chi connectivity index (χ0) is 40.9. The van der Waals surface area contributed by atoms with Gasteiger partial charge >= 0.3 is 0 Å². The molecule has 0 bridgehead atoms. The fourth-order valence-electron chi connectivity index (χ4n) is 10.5. The number of hydrogen-bond acceptors (Lipinski definition) is 1. The van der Waals surface area contributed by atoms with Gasteiger partial charge in [0.25, 0.3) is 0 Å². The molecule has 290 valence electrons. The van der Waals surface area contributed by atoms with Crippen LogP contribution in [0.2, 0.25) is 0 Å². The SMILES string of the molecule is CC(C)(C)c1ccc(-c2cc(-c3ccccc3)cc(-c3cccc4c3C3(c5ccccc5Oc5ccccc53)c3cccc(-n5c6ccccc6c6ccccc65)c3-4)c2)cc1. The molecule has 0 N–H and O–H groups in total. The molecule has 0 saturated heterocycles. The molecule has 0 radical (unpaired) electrons. The van der Waals surface area contributed by atoms with Crippen molar-refractivity contribution in [3.05, 3.63) is 234 Å². The molecule has 2 nitrogen and oxygen atoms in total. The number of para-hydroxylation sites is 4. The molecule has 1 aromatic heterocycles. The van der Waals surface area contributed by atoms with Gasteiger partial charge in [-0.2, -0.15) is 0 Å². The number of fused-ring (bicyclic) bond motifs is 12. The Morgan fingerprint density at radius 2 is 0.918 bits per heavy atom. The fourth-order valence-corrected chi connectivity index (χ4v) is 10.5. The van der Waals surface area contributed by atoms with E-state index in [1.165, 1.54) is 88.7 Å². The highest BCUT2D eigenvalue weighted by Crippen LogP contribution is 2.65. The van der Waals surface area contributed by atoms with Crippen molar-refractivity contribution in [1.29, 1.82) is 0 Å². The maximum atomic E-state index is 6.84. The summed E-state index contributed by atoms with van der Waals surface area (Å²) in [5.41, 5.74) is 18.8. The van der Waals surface area contributed by atoms with Gasteiger partial charge < -0.3 is 9.30 Å². The Morgan fingerprint density at radius 1 is 0.410 bits per heavy atom. The summed E-state index contributed by atoms with van der Waals surface area (Å²) < 4.78 is 9.33. The number of ether oxygens (including phenoxy) is 1. The largest absolute Gasteiger partial charge is 0.457 e. The van der Waals surface area contributed by atoms with E-state index in [0.717, 1.165) is 22.6 Å². The highest BCUT2D eigenvalue weighted by atomic mass is 16.5. The molecule has 2 heterocycles. The van der Waals surface area contributed by atoms with Crippen LogP contribution in [0.5, 0.6) is 11.5 Å². The van der Waals surface area contributed by atoms with E-state index in [1.807, 2.05) is 0 Å². The predicted octanol–water partition coefficient (Wildman–Crippen LogP) is 15.6. The van der Waals surface area contributed by atoms with Crippen LogP contribution >= 0.6 is 0 Å². The molecule has 2 aliphatic rings. The van der Waals surface area contributed by atoms with Crippen molar-refractivity contribution in [2.75, 3.05) is 0 Å². The first kappa shape index (κ1) is 35.5. The third kappa shape index (κ3) is 5.22. The number of aromatic nitrogens is 1. The molecule has 0 unspecified atom stereocenters. The van der Waals surface area contributed by atoms with Gasteiger partial charge in [-0.25, -0.2) is 0 Å². The second kappa shape index (κ2) is 13.3. The first-order valence-corrected chi connectivity index (χ1v) is 21.3. The second-order valence-electron chi connectivity index (χ2n) is 17.6. The summed E-state index contributed by atoms with van der Waals surface area (Å²) in [7, 11) is 0. The average Bonchev–Trinajstić information content (AvgIpc) is 3.80. The molecule has 1 spiro atoms. The first-order chi connectivity index (χ1) is 29.9. The van der Waals surface area contributed by atoms with Gasteiger partial charge in [0.05, 0.1) is 22.1 Å². The van der Waals surface area contributed by atoms with Crippen molar-refractivity contribution in [1.82, 2.24) is 4.57 Å². The summed E-state index contributed by atoms with van der Waals surface area (Å²) >= 11 is 0. The summed E-state index contributed by atoms with van der Waals surface area (Å²) in [5, 5.41) is 2.50. The van der Waals surface area contributed by atoms with Crippen LogP contribution in [0.15, 0.2) is 206 Å². The summed E-state index contributed by atoms with van der Waals surface area (Å²) in [4.78, 5) is 0. The molecule has 0 amide bonds. The van der Waals surface area contributed by atoms with Gasteiger partial charge in [-0.1, -0.05) is 178 Å². The number of benzene rings is 9. The van der Waals surface area contributed by atoms with Crippen LogP contribution in [0.4, 0.5) is 0 Å². The van der Waals surface area contributed by atoms with E-state index in [9.17, 15) is 0 Å². The lowest BCUT2D eigenvalue weighted by molar-refractivity contribution is 0.436. The fraction of sp³-hybridized carbons (Fsp3) is 0.0847. The predicted molar refractivity (Wildman–Crippen MR) is 253 cm³/mol. The third-order valence-electron chi connectivity index (χ3n) is 13.2. The summed E-state index contributed by atoms with van der Waals surface area (Å²) in [6.07, 6.45) is 0. The van der Waals surface area contributed by atoms with Crippen molar-refractivity contribution in [3.63, 3.8) is 0 Å². The molecule has 1 aliphatic carbocycles. The number of nitrogens with zero attached hydrogens (tertiary/aromatic N) is 1. The van der Waals surface area contributed by atoms with Crippen LogP contribution in [-0.2, 0) is 10.8 Å². The van der Waals surface area contributed by atoms with Crippen LogP contribution in [0.3, 0.4) is 0 Å². The zero-order valence-electron chi connectivity index (χ0n) is 34.5. The standard InChI is InChI=1S/C59H43NO/c1-58(2,3)43-33-31-39(32-34-43)41-35-40(38-17-5-4-6-18-38)36-42(37-41)44-21-15-22-47-56-50(59(57(44)47)48-23-9-13-29-54(48)61-55-30-14-10-24-49(55)59)25-16-28-53(56)60-51-26-11-7-19-45(51)46-20-8-12-27-52(46)60/h4-37H,1-3H3. The van der Waals surface area contributed by atoms with Crippen molar-refractivity contribution < 1.29 is 4.74 Å². The Kier molecular flexibility index (Phi) is 7.74. The highest BCUT2D eigenvalue weighted by molar-refractivity contribution is 6.10. The molecular weight excluding hydrogens is 739 g/mol. The quantitative estimate of drug-likeness (QED) is 0.173. The maximum Gasteiger partial charge on any atom is 0.132 e. The van der Waals surface area contributed by atoms with Crippen molar-refractivity contribution in [2.45, 2.75) is 31.6 Å². The summed E-state index contributed by atoms with van der Waals surface area (Å²) in [6, 6.07) is 76.1. The van der Waals surface area contributed by atoms with Gasteiger partial charge in [-0.3, -0.25) is 0 Å². The smallest absolute Gasteiger partial charge is 0.132 e. The number of rotatable bonds is 4. The Hall–Kier alpha value is -7.42.